The first kappa shape index (κ1) is 16.7. The van der Waals surface area contributed by atoms with Crippen molar-refractivity contribution < 1.29 is 4.79 Å². The maximum absolute atomic E-state index is 12.6. The SMILES string of the molecule is CN(C(=O)c1ccc(Nc2cccc3cccnc23)nn1)c1ccccc1. The number of anilines is 3. The van der Waals surface area contributed by atoms with Gasteiger partial charge in [-0.1, -0.05) is 36.4 Å². The van der Waals surface area contributed by atoms with Gasteiger partial charge in [-0.05, 0) is 36.4 Å². The number of nitrogens with zero attached hydrogens (tertiary/aromatic N) is 4. The molecule has 0 bridgehead atoms. The molecular weight excluding hydrogens is 338 g/mol. The molecule has 27 heavy (non-hydrogen) atoms. The standard InChI is InChI=1S/C21H17N5O/c1-26(16-9-3-2-4-10-16)21(27)18-12-13-19(25-24-18)23-17-11-5-7-15-8-6-14-22-20(15)17/h2-14H,1H3,(H,23,25). The molecular formula is C21H17N5O. The minimum Gasteiger partial charge on any atom is -0.337 e. The zero-order valence-electron chi connectivity index (χ0n) is 14.7. The molecule has 1 N–H and O–H groups in total. The van der Waals surface area contributed by atoms with Crippen LogP contribution in [0, 0.1) is 0 Å². The van der Waals surface area contributed by atoms with Crippen LogP contribution in [0.2, 0.25) is 0 Å². The Morgan fingerprint density at radius 1 is 0.889 bits per heavy atom. The smallest absolute Gasteiger partial charge is 0.278 e. The number of benzene rings is 2. The molecule has 0 saturated heterocycles. The number of aromatic nitrogens is 3. The molecule has 6 heteroatoms. The molecule has 2 aromatic heterocycles. The molecule has 0 unspecified atom stereocenters. The quantitative estimate of drug-likeness (QED) is 0.598. The highest BCUT2D eigenvalue weighted by atomic mass is 16.2. The van der Waals surface area contributed by atoms with Gasteiger partial charge in [0.1, 0.15) is 0 Å². The zero-order chi connectivity index (χ0) is 18.6. The summed E-state index contributed by atoms with van der Waals surface area (Å²) in [5.74, 6) is 0.333. The van der Waals surface area contributed by atoms with Gasteiger partial charge in [0.15, 0.2) is 11.5 Å². The number of pyridine rings is 1. The minimum atomic E-state index is -0.216. The molecule has 4 aromatic rings. The lowest BCUT2D eigenvalue weighted by Gasteiger charge is -2.16. The Hall–Kier alpha value is -3.80. The Kier molecular flexibility index (Phi) is 4.45. The van der Waals surface area contributed by atoms with E-state index in [0.29, 0.717) is 5.82 Å². The molecule has 6 nitrogen and oxygen atoms in total. The van der Waals surface area contributed by atoms with Crippen molar-refractivity contribution in [1.82, 2.24) is 15.2 Å². The van der Waals surface area contributed by atoms with Gasteiger partial charge in [0.2, 0.25) is 0 Å². The molecule has 2 heterocycles. The van der Waals surface area contributed by atoms with E-state index in [1.807, 2.05) is 60.7 Å². The first-order chi connectivity index (χ1) is 13.2. The van der Waals surface area contributed by atoms with Gasteiger partial charge in [-0.2, -0.15) is 0 Å². The van der Waals surface area contributed by atoms with Gasteiger partial charge in [0.25, 0.3) is 5.91 Å². The number of amides is 1. The van der Waals surface area contributed by atoms with Crippen LogP contribution in [-0.4, -0.2) is 28.1 Å². The third kappa shape index (κ3) is 3.46. The van der Waals surface area contributed by atoms with Crippen molar-refractivity contribution in [3.63, 3.8) is 0 Å². The summed E-state index contributed by atoms with van der Waals surface area (Å²) in [5, 5.41) is 12.5. The van der Waals surface area contributed by atoms with Crippen LogP contribution in [-0.2, 0) is 0 Å². The van der Waals surface area contributed by atoms with E-state index in [4.69, 9.17) is 0 Å². The number of hydrogen-bond acceptors (Lipinski definition) is 5. The predicted molar refractivity (Wildman–Crippen MR) is 106 cm³/mol. The van der Waals surface area contributed by atoms with Crippen LogP contribution >= 0.6 is 0 Å². The Balaban J connectivity index is 1.54. The number of carbonyl (C=O) groups is 1. The maximum atomic E-state index is 12.6. The third-order valence-electron chi connectivity index (χ3n) is 4.23. The lowest BCUT2D eigenvalue weighted by Crippen LogP contribution is -2.27. The summed E-state index contributed by atoms with van der Waals surface area (Å²) in [7, 11) is 1.72. The maximum Gasteiger partial charge on any atom is 0.278 e. The van der Waals surface area contributed by atoms with Gasteiger partial charge in [0.05, 0.1) is 11.2 Å². The van der Waals surface area contributed by atoms with E-state index in [0.717, 1.165) is 22.3 Å². The van der Waals surface area contributed by atoms with Crippen molar-refractivity contribution in [2.45, 2.75) is 0 Å². The first-order valence-corrected chi connectivity index (χ1v) is 8.50. The van der Waals surface area contributed by atoms with Gasteiger partial charge >= 0.3 is 0 Å². The number of carbonyl (C=O) groups excluding carboxylic acids is 1. The lowest BCUT2D eigenvalue weighted by atomic mass is 10.2. The van der Waals surface area contributed by atoms with E-state index in [-0.39, 0.29) is 11.6 Å². The van der Waals surface area contributed by atoms with E-state index in [1.165, 1.54) is 0 Å². The summed E-state index contributed by atoms with van der Waals surface area (Å²) in [6.45, 7) is 0. The molecule has 0 aliphatic heterocycles. The lowest BCUT2D eigenvalue weighted by molar-refractivity contribution is 0.0987. The van der Waals surface area contributed by atoms with Gasteiger partial charge in [0, 0.05) is 24.3 Å². The van der Waals surface area contributed by atoms with E-state index in [1.54, 1.807) is 30.3 Å². The van der Waals surface area contributed by atoms with Crippen molar-refractivity contribution in [3.8, 4) is 0 Å². The van der Waals surface area contributed by atoms with Crippen LogP contribution in [0.4, 0.5) is 17.2 Å². The van der Waals surface area contributed by atoms with Crippen LogP contribution in [0.1, 0.15) is 10.5 Å². The molecule has 0 aliphatic carbocycles. The minimum absolute atomic E-state index is 0.216. The average Bonchev–Trinajstić information content (AvgIpc) is 2.74. The van der Waals surface area contributed by atoms with Crippen molar-refractivity contribution in [2.75, 3.05) is 17.3 Å². The van der Waals surface area contributed by atoms with Crippen LogP contribution in [0.5, 0.6) is 0 Å². The van der Waals surface area contributed by atoms with Crippen molar-refractivity contribution in [3.05, 3.63) is 84.7 Å². The Morgan fingerprint density at radius 2 is 1.70 bits per heavy atom. The van der Waals surface area contributed by atoms with Crippen molar-refractivity contribution in [1.29, 1.82) is 0 Å². The molecule has 0 atom stereocenters. The summed E-state index contributed by atoms with van der Waals surface area (Å²) in [6.07, 6.45) is 1.75. The number of hydrogen-bond donors (Lipinski definition) is 1. The normalized spacial score (nSPS) is 10.6. The number of nitrogens with one attached hydrogen (secondary N) is 1. The second-order valence-electron chi connectivity index (χ2n) is 6.01. The molecule has 0 aliphatic rings. The molecule has 0 saturated carbocycles. The summed E-state index contributed by atoms with van der Waals surface area (Å²) in [5.41, 5.74) is 2.77. The second-order valence-corrected chi connectivity index (χ2v) is 6.01. The number of para-hydroxylation sites is 2. The van der Waals surface area contributed by atoms with Gasteiger partial charge < -0.3 is 10.2 Å². The van der Waals surface area contributed by atoms with E-state index < -0.39 is 0 Å². The van der Waals surface area contributed by atoms with Gasteiger partial charge in [-0.25, -0.2) is 0 Å². The molecule has 2 aromatic carbocycles. The van der Waals surface area contributed by atoms with Crippen LogP contribution < -0.4 is 10.2 Å². The fourth-order valence-electron chi connectivity index (χ4n) is 2.80. The van der Waals surface area contributed by atoms with Crippen LogP contribution in [0.15, 0.2) is 79.0 Å². The molecule has 1 amide bonds. The molecule has 0 fully saturated rings. The Labute approximate surface area is 156 Å². The zero-order valence-corrected chi connectivity index (χ0v) is 14.7. The summed E-state index contributed by atoms with van der Waals surface area (Å²) < 4.78 is 0. The van der Waals surface area contributed by atoms with E-state index >= 15 is 0 Å². The fourth-order valence-corrected chi connectivity index (χ4v) is 2.80. The fraction of sp³-hybridized carbons (Fsp3) is 0.0476. The highest BCUT2D eigenvalue weighted by Gasteiger charge is 2.15. The van der Waals surface area contributed by atoms with Crippen molar-refractivity contribution >= 4 is 34.0 Å². The van der Waals surface area contributed by atoms with Gasteiger partial charge in [-0.15, -0.1) is 10.2 Å². The molecule has 132 valence electrons. The summed E-state index contributed by atoms with van der Waals surface area (Å²) >= 11 is 0. The summed E-state index contributed by atoms with van der Waals surface area (Å²) in [4.78, 5) is 18.5. The molecule has 0 spiro atoms. The second kappa shape index (κ2) is 7.21. The highest BCUT2D eigenvalue weighted by molar-refractivity contribution is 6.04. The average molecular weight is 355 g/mol. The first-order valence-electron chi connectivity index (χ1n) is 8.50. The van der Waals surface area contributed by atoms with Crippen LogP contribution in [0.25, 0.3) is 10.9 Å². The monoisotopic (exact) mass is 355 g/mol. The predicted octanol–water partition coefficient (Wildman–Crippen LogP) is 4.05. The van der Waals surface area contributed by atoms with Crippen LogP contribution in [0.3, 0.4) is 0 Å². The number of rotatable bonds is 4. The van der Waals surface area contributed by atoms with Gasteiger partial charge in [-0.3, -0.25) is 9.78 Å². The third-order valence-corrected chi connectivity index (χ3v) is 4.23. The Bertz CT molecular complexity index is 1080. The molecule has 0 radical (unpaired) electrons. The van der Waals surface area contributed by atoms with Crippen molar-refractivity contribution in [2.24, 2.45) is 0 Å². The molecule has 4 rings (SSSR count). The number of fused-ring (bicyclic) bond motifs is 1. The highest BCUT2D eigenvalue weighted by Crippen LogP contribution is 2.23. The van der Waals surface area contributed by atoms with E-state index in [9.17, 15) is 4.79 Å². The Morgan fingerprint density at radius 3 is 2.48 bits per heavy atom. The largest absolute Gasteiger partial charge is 0.337 e. The summed E-state index contributed by atoms with van der Waals surface area (Å²) in [6, 6.07) is 22.6. The van der Waals surface area contributed by atoms with E-state index in [2.05, 4.69) is 20.5 Å². The topological polar surface area (TPSA) is 71.0 Å².